The van der Waals surface area contributed by atoms with Crippen molar-refractivity contribution in [2.24, 2.45) is 11.8 Å². The Hall–Kier alpha value is 0.340. The third-order valence-corrected chi connectivity index (χ3v) is 13.2. The summed E-state index contributed by atoms with van der Waals surface area (Å²) in [6.45, 7) is 8.66. The van der Waals surface area contributed by atoms with E-state index in [-0.39, 0.29) is 11.1 Å². The maximum Gasteiger partial charge on any atom is 0.337 e. The second-order valence-corrected chi connectivity index (χ2v) is 13.1. The highest BCUT2D eigenvalue weighted by molar-refractivity contribution is 9.16. The minimum Gasteiger partial charge on any atom is -0.478 e. The van der Waals surface area contributed by atoms with Crippen LogP contribution >= 0.6 is 63.7 Å². The summed E-state index contributed by atoms with van der Waals surface area (Å²) < 4.78 is -0.787. The van der Waals surface area contributed by atoms with Crippen molar-refractivity contribution in [3.8, 4) is 0 Å². The van der Waals surface area contributed by atoms with Gasteiger partial charge in [-0.2, -0.15) is 0 Å². The van der Waals surface area contributed by atoms with Crippen LogP contribution < -0.4 is 0 Å². The number of aliphatic carboxylic acids is 2. The molecule has 32 heavy (non-hydrogen) atoms. The zero-order valence-corrected chi connectivity index (χ0v) is 25.8. The van der Waals surface area contributed by atoms with Crippen LogP contribution in [-0.4, -0.2) is 30.8 Å². The molecule has 0 heterocycles. The van der Waals surface area contributed by atoms with Gasteiger partial charge in [-0.1, -0.05) is 143 Å². The maximum absolute atomic E-state index is 12.2. The van der Waals surface area contributed by atoms with E-state index >= 15 is 0 Å². The molecule has 184 valence electrons. The minimum atomic E-state index is -1.25. The lowest BCUT2D eigenvalue weighted by Crippen LogP contribution is -2.52. The van der Waals surface area contributed by atoms with Crippen LogP contribution in [0.4, 0.5) is 0 Å². The summed E-state index contributed by atoms with van der Waals surface area (Å²) in [6, 6.07) is 0. The molecule has 1 rings (SSSR count). The summed E-state index contributed by atoms with van der Waals surface area (Å²) in [7, 11) is 0. The van der Waals surface area contributed by atoms with E-state index in [0.29, 0.717) is 33.6 Å². The fourth-order valence-electron chi connectivity index (χ4n) is 4.55. The Morgan fingerprint density at radius 2 is 1.06 bits per heavy atom. The van der Waals surface area contributed by atoms with Gasteiger partial charge in [-0.25, -0.2) is 9.59 Å². The Morgan fingerprint density at radius 3 is 1.28 bits per heavy atom. The van der Waals surface area contributed by atoms with Gasteiger partial charge in [0.2, 0.25) is 0 Å². The fourth-order valence-corrected chi connectivity index (χ4v) is 8.85. The molecule has 0 fully saturated rings. The molecule has 1 aliphatic rings. The Balaban J connectivity index is 3.73. The van der Waals surface area contributed by atoms with Gasteiger partial charge in [-0.3, -0.25) is 0 Å². The first-order valence-electron chi connectivity index (χ1n) is 11.6. The quantitative estimate of drug-likeness (QED) is 0.177. The Kier molecular flexibility index (Phi) is 12.8. The van der Waals surface area contributed by atoms with E-state index in [4.69, 9.17) is 0 Å². The second kappa shape index (κ2) is 13.4. The van der Waals surface area contributed by atoms with E-state index in [1.807, 2.05) is 0 Å². The molecule has 1 aliphatic carbocycles. The Bertz CT molecular complexity index is 686. The summed E-state index contributed by atoms with van der Waals surface area (Å²) in [4.78, 5) is 24.5. The van der Waals surface area contributed by atoms with E-state index in [0.717, 1.165) is 51.4 Å². The third-order valence-electron chi connectivity index (χ3n) is 6.67. The van der Waals surface area contributed by atoms with Crippen molar-refractivity contribution in [3.63, 3.8) is 0 Å². The molecule has 8 heteroatoms. The van der Waals surface area contributed by atoms with Gasteiger partial charge in [-0.15, -0.1) is 0 Å². The van der Waals surface area contributed by atoms with Crippen LogP contribution in [0.1, 0.15) is 91.9 Å². The topological polar surface area (TPSA) is 74.6 Å². The molecule has 0 aromatic heterocycles. The molecule has 0 radical (unpaired) electrons. The number of carboxylic acids is 2. The molecule has 0 aliphatic heterocycles. The molecule has 4 atom stereocenters. The molecule has 0 aromatic carbocycles. The second-order valence-electron chi connectivity index (χ2n) is 8.83. The van der Waals surface area contributed by atoms with Crippen LogP contribution in [0.15, 0.2) is 20.1 Å². The summed E-state index contributed by atoms with van der Waals surface area (Å²) in [5, 5.41) is 20.0. The fraction of sp³-hybridized carbons (Fsp3) is 0.750. The number of unbranched alkanes of at least 4 members (excludes halogenated alkanes) is 2. The van der Waals surface area contributed by atoms with Crippen molar-refractivity contribution >= 4 is 75.7 Å². The van der Waals surface area contributed by atoms with E-state index in [1.165, 1.54) is 0 Å². The lowest BCUT2D eigenvalue weighted by molar-refractivity contribution is -0.136. The van der Waals surface area contributed by atoms with Gasteiger partial charge in [0, 0.05) is 8.96 Å². The molecule has 0 saturated carbocycles. The first-order chi connectivity index (χ1) is 14.9. The number of carboxylic acid groups (broad SMARTS) is 2. The SMILES string of the molecule is CCCCC(CC)CC1(Br)C(Br)=C(C(=O)O)C(C(=O)O)=C(Br)C1(Br)CC(CC)CCCC. The standard InChI is InChI=1S/C24H36Br4O4/c1-5-9-11-15(7-3)13-23(27)19(25)17(21(29)30)18(22(31)32)20(26)24(23,28)14-16(8-4)12-10-6-2/h15-16H,5-14H2,1-4H3,(H,29,30)(H,31,32). The van der Waals surface area contributed by atoms with Crippen LogP contribution in [0.5, 0.6) is 0 Å². The lowest BCUT2D eigenvalue weighted by Gasteiger charge is -2.50. The summed E-state index contributed by atoms with van der Waals surface area (Å²) in [5.74, 6) is -1.75. The highest BCUT2D eigenvalue weighted by atomic mass is 79.9. The predicted molar refractivity (Wildman–Crippen MR) is 146 cm³/mol. The molecule has 2 N–H and O–H groups in total. The van der Waals surface area contributed by atoms with Gasteiger partial charge < -0.3 is 10.2 Å². The zero-order chi connectivity index (χ0) is 24.7. The van der Waals surface area contributed by atoms with Gasteiger partial charge in [0.1, 0.15) is 0 Å². The molecule has 0 aromatic rings. The number of rotatable bonds is 14. The number of alkyl halides is 2. The lowest BCUT2D eigenvalue weighted by atomic mass is 9.71. The maximum atomic E-state index is 12.2. The summed E-state index contributed by atoms with van der Waals surface area (Å²) in [6.07, 6.45) is 9.84. The number of halogens is 4. The highest BCUT2D eigenvalue weighted by Crippen LogP contribution is 2.63. The van der Waals surface area contributed by atoms with E-state index in [9.17, 15) is 19.8 Å². The molecule has 0 saturated heterocycles. The molecule has 0 bridgehead atoms. The van der Waals surface area contributed by atoms with Gasteiger partial charge in [0.15, 0.2) is 0 Å². The first kappa shape index (κ1) is 30.4. The van der Waals surface area contributed by atoms with Crippen LogP contribution in [0.3, 0.4) is 0 Å². The van der Waals surface area contributed by atoms with Crippen LogP contribution in [0.2, 0.25) is 0 Å². The molecule has 0 spiro atoms. The zero-order valence-electron chi connectivity index (χ0n) is 19.4. The van der Waals surface area contributed by atoms with Crippen molar-refractivity contribution < 1.29 is 19.8 Å². The molecule has 4 nitrogen and oxygen atoms in total. The largest absolute Gasteiger partial charge is 0.478 e. The predicted octanol–water partition coefficient (Wildman–Crippen LogP) is 8.95. The van der Waals surface area contributed by atoms with E-state index < -0.39 is 20.6 Å². The number of hydrogen-bond acceptors (Lipinski definition) is 2. The number of hydrogen-bond donors (Lipinski definition) is 2. The first-order valence-corrected chi connectivity index (χ1v) is 14.8. The Morgan fingerprint density at radius 1 is 0.750 bits per heavy atom. The van der Waals surface area contributed by atoms with Crippen molar-refractivity contribution in [2.45, 2.75) is 101 Å². The van der Waals surface area contributed by atoms with Crippen LogP contribution in [0.25, 0.3) is 0 Å². The smallest absolute Gasteiger partial charge is 0.337 e. The van der Waals surface area contributed by atoms with Crippen molar-refractivity contribution in [2.75, 3.05) is 0 Å². The van der Waals surface area contributed by atoms with Gasteiger partial charge in [0.05, 0.1) is 19.8 Å². The van der Waals surface area contributed by atoms with E-state index in [1.54, 1.807) is 0 Å². The number of carbonyl (C=O) groups is 2. The van der Waals surface area contributed by atoms with Crippen LogP contribution in [0, 0.1) is 11.8 Å². The van der Waals surface area contributed by atoms with Crippen molar-refractivity contribution in [1.82, 2.24) is 0 Å². The highest BCUT2D eigenvalue weighted by Gasteiger charge is 2.59. The minimum absolute atomic E-state index is 0.191. The number of allylic oxidation sites excluding steroid dienone is 2. The van der Waals surface area contributed by atoms with E-state index in [2.05, 4.69) is 91.4 Å². The van der Waals surface area contributed by atoms with Crippen molar-refractivity contribution in [1.29, 1.82) is 0 Å². The molecular weight excluding hydrogens is 672 g/mol. The van der Waals surface area contributed by atoms with Gasteiger partial charge in [-0.05, 0) is 24.7 Å². The van der Waals surface area contributed by atoms with Crippen molar-refractivity contribution in [3.05, 3.63) is 20.1 Å². The average molecular weight is 708 g/mol. The molecule has 0 amide bonds. The Labute approximate surface area is 226 Å². The average Bonchev–Trinajstić information content (AvgIpc) is 2.74. The summed E-state index contributed by atoms with van der Waals surface area (Å²) in [5.41, 5.74) is -0.383. The monoisotopic (exact) mass is 704 g/mol. The van der Waals surface area contributed by atoms with Crippen LogP contribution in [-0.2, 0) is 9.59 Å². The third kappa shape index (κ3) is 6.51. The normalized spacial score (nSPS) is 25.8. The van der Waals surface area contributed by atoms with Gasteiger partial charge >= 0.3 is 11.9 Å². The molecule has 4 unspecified atom stereocenters. The van der Waals surface area contributed by atoms with Gasteiger partial charge in [0.25, 0.3) is 0 Å². The summed E-state index contributed by atoms with van der Waals surface area (Å²) >= 11 is 15.2. The molecular formula is C24H36Br4O4.